The molecule has 29 heavy (non-hydrogen) atoms. The van der Waals surface area contributed by atoms with Crippen molar-refractivity contribution in [2.45, 2.75) is 20.8 Å². The number of hydrogen-bond acceptors (Lipinski definition) is 8. The van der Waals surface area contributed by atoms with Crippen molar-refractivity contribution < 1.29 is 28.7 Å². The zero-order valence-corrected chi connectivity index (χ0v) is 18.4. The summed E-state index contributed by atoms with van der Waals surface area (Å²) in [6.07, 6.45) is 0. The average Bonchev–Trinajstić information content (AvgIpc) is 3.22. The summed E-state index contributed by atoms with van der Waals surface area (Å²) in [6, 6.07) is 3.41. The fourth-order valence-electron chi connectivity index (χ4n) is 2.37. The van der Waals surface area contributed by atoms with E-state index in [0.717, 1.165) is 16.2 Å². The molecule has 0 atom stereocenters. The van der Waals surface area contributed by atoms with Gasteiger partial charge in [-0.15, -0.1) is 22.7 Å². The summed E-state index contributed by atoms with van der Waals surface area (Å²) in [5, 5.41) is 2.73. The number of esters is 2. The van der Waals surface area contributed by atoms with Gasteiger partial charge in [0.25, 0.3) is 11.8 Å². The SMILES string of the molecule is CCOC(=O)c1c(NC(=O)COC(=O)c2ccc(C)s2)sc(C(=O)N(C)C)c1C. The molecule has 1 N–H and O–H groups in total. The van der Waals surface area contributed by atoms with Gasteiger partial charge in [-0.2, -0.15) is 0 Å². The number of amides is 2. The molecule has 0 aliphatic heterocycles. The molecule has 0 saturated heterocycles. The fourth-order valence-corrected chi connectivity index (χ4v) is 4.36. The fraction of sp³-hybridized carbons (Fsp3) is 0.368. The Labute approximate surface area is 176 Å². The van der Waals surface area contributed by atoms with Crippen LogP contribution < -0.4 is 5.32 Å². The predicted octanol–water partition coefficient (Wildman–Crippen LogP) is 3.10. The molecule has 0 aliphatic carbocycles. The molecule has 0 saturated carbocycles. The number of carbonyl (C=O) groups excluding carboxylic acids is 4. The lowest BCUT2D eigenvalue weighted by molar-refractivity contribution is -0.119. The lowest BCUT2D eigenvalue weighted by Crippen LogP contribution is -2.21. The number of rotatable bonds is 7. The lowest BCUT2D eigenvalue weighted by Gasteiger charge is -2.09. The summed E-state index contributed by atoms with van der Waals surface area (Å²) in [5.74, 6) is -2.16. The van der Waals surface area contributed by atoms with Crippen LogP contribution >= 0.6 is 22.7 Å². The van der Waals surface area contributed by atoms with E-state index in [9.17, 15) is 19.2 Å². The van der Waals surface area contributed by atoms with E-state index < -0.39 is 24.5 Å². The molecule has 2 heterocycles. The van der Waals surface area contributed by atoms with Crippen LogP contribution in [0.4, 0.5) is 5.00 Å². The van der Waals surface area contributed by atoms with Gasteiger partial charge in [0.2, 0.25) is 0 Å². The first-order valence-corrected chi connectivity index (χ1v) is 10.3. The summed E-state index contributed by atoms with van der Waals surface area (Å²) in [4.78, 5) is 52.0. The molecule has 0 fully saturated rings. The van der Waals surface area contributed by atoms with Crippen LogP contribution in [0.2, 0.25) is 0 Å². The first-order chi connectivity index (χ1) is 13.6. The quantitative estimate of drug-likeness (QED) is 0.667. The molecule has 2 aromatic rings. The molecule has 156 valence electrons. The van der Waals surface area contributed by atoms with Crippen molar-refractivity contribution in [1.29, 1.82) is 0 Å². The number of hydrogen-bond donors (Lipinski definition) is 1. The van der Waals surface area contributed by atoms with E-state index in [1.54, 1.807) is 40.1 Å². The molecule has 0 radical (unpaired) electrons. The summed E-state index contributed by atoms with van der Waals surface area (Å²) in [5.41, 5.74) is 0.545. The van der Waals surface area contributed by atoms with Gasteiger partial charge in [-0.1, -0.05) is 0 Å². The third-order valence-corrected chi connectivity index (χ3v) is 5.93. The molecular weight excluding hydrogens is 416 g/mol. The largest absolute Gasteiger partial charge is 0.462 e. The highest BCUT2D eigenvalue weighted by molar-refractivity contribution is 7.18. The van der Waals surface area contributed by atoms with Gasteiger partial charge >= 0.3 is 11.9 Å². The zero-order chi connectivity index (χ0) is 21.7. The van der Waals surface area contributed by atoms with Crippen LogP contribution in [0.1, 0.15) is 47.1 Å². The monoisotopic (exact) mass is 438 g/mol. The Hall–Kier alpha value is -2.72. The van der Waals surface area contributed by atoms with E-state index in [-0.39, 0.29) is 23.1 Å². The van der Waals surface area contributed by atoms with E-state index in [1.807, 2.05) is 6.92 Å². The van der Waals surface area contributed by atoms with Gasteiger partial charge in [-0.05, 0) is 38.5 Å². The minimum Gasteiger partial charge on any atom is -0.462 e. The summed E-state index contributed by atoms with van der Waals surface area (Å²) in [6.45, 7) is 4.77. The Kier molecular flexibility index (Phi) is 7.52. The molecule has 2 rings (SSSR count). The highest BCUT2D eigenvalue weighted by Crippen LogP contribution is 2.34. The van der Waals surface area contributed by atoms with E-state index in [1.165, 1.54) is 16.2 Å². The van der Waals surface area contributed by atoms with Gasteiger partial charge < -0.3 is 19.7 Å². The van der Waals surface area contributed by atoms with Crippen molar-refractivity contribution in [3.63, 3.8) is 0 Å². The van der Waals surface area contributed by atoms with Crippen molar-refractivity contribution in [2.24, 2.45) is 0 Å². The molecule has 10 heteroatoms. The molecule has 2 amide bonds. The van der Waals surface area contributed by atoms with Gasteiger partial charge in [-0.3, -0.25) is 9.59 Å². The van der Waals surface area contributed by atoms with Gasteiger partial charge in [0.15, 0.2) is 6.61 Å². The molecule has 0 bridgehead atoms. The van der Waals surface area contributed by atoms with Gasteiger partial charge in [-0.25, -0.2) is 9.59 Å². The maximum absolute atomic E-state index is 12.4. The van der Waals surface area contributed by atoms with E-state index in [2.05, 4.69) is 5.32 Å². The Morgan fingerprint density at radius 2 is 1.72 bits per heavy atom. The highest BCUT2D eigenvalue weighted by atomic mass is 32.1. The molecule has 0 aliphatic rings. The van der Waals surface area contributed by atoms with E-state index in [0.29, 0.717) is 15.3 Å². The number of ether oxygens (including phenoxy) is 2. The second kappa shape index (κ2) is 9.66. The van der Waals surface area contributed by atoms with Crippen LogP contribution in [0.25, 0.3) is 0 Å². The van der Waals surface area contributed by atoms with Crippen LogP contribution in [-0.4, -0.2) is 56.0 Å². The predicted molar refractivity (Wildman–Crippen MR) is 111 cm³/mol. The van der Waals surface area contributed by atoms with Crippen molar-refractivity contribution >= 4 is 51.4 Å². The van der Waals surface area contributed by atoms with Crippen molar-refractivity contribution in [3.8, 4) is 0 Å². The van der Waals surface area contributed by atoms with Crippen molar-refractivity contribution in [3.05, 3.63) is 37.9 Å². The molecule has 0 aromatic carbocycles. The highest BCUT2D eigenvalue weighted by Gasteiger charge is 2.27. The Morgan fingerprint density at radius 3 is 2.28 bits per heavy atom. The van der Waals surface area contributed by atoms with E-state index in [4.69, 9.17) is 9.47 Å². The number of thiophene rings is 2. The summed E-state index contributed by atoms with van der Waals surface area (Å²) in [7, 11) is 3.19. The van der Waals surface area contributed by atoms with Crippen LogP contribution in [0.5, 0.6) is 0 Å². The summed E-state index contributed by atoms with van der Waals surface area (Å²) >= 11 is 2.24. The normalized spacial score (nSPS) is 10.4. The second-order valence-corrected chi connectivity index (χ2v) is 8.52. The van der Waals surface area contributed by atoms with Crippen molar-refractivity contribution in [1.82, 2.24) is 4.90 Å². The minimum absolute atomic E-state index is 0.121. The minimum atomic E-state index is -0.639. The Bertz CT molecular complexity index is 945. The van der Waals surface area contributed by atoms with Crippen LogP contribution in [0, 0.1) is 13.8 Å². The summed E-state index contributed by atoms with van der Waals surface area (Å²) < 4.78 is 10.1. The number of anilines is 1. The Morgan fingerprint density at radius 1 is 1.03 bits per heavy atom. The van der Waals surface area contributed by atoms with Gasteiger partial charge in [0.05, 0.1) is 17.0 Å². The first-order valence-electron chi connectivity index (χ1n) is 8.71. The topological polar surface area (TPSA) is 102 Å². The molecule has 0 spiro atoms. The third kappa shape index (κ3) is 5.42. The maximum atomic E-state index is 12.4. The van der Waals surface area contributed by atoms with Crippen LogP contribution in [-0.2, 0) is 14.3 Å². The number of aryl methyl sites for hydroxylation is 1. The number of nitrogens with one attached hydrogen (secondary N) is 1. The van der Waals surface area contributed by atoms with Crippen molar-refractivity contribution in [2.75, 3.05) is 32.6 Å². The first kappa shape index (κ1) is 22.6. The molecular formula is C19H22N2O6S2. The van der Waals surface area contributed by atoms with E-state index >= 15 is 0 Å². The average molecular weight is 439 g/mol. The van der Waals surface area contributed by atoms with Gasteiger partial charge in [0.1, 0.15) is 9.88 Å². The van der Waals surface area contributed by atoms with Gasteiger partial charge in [0, 0.05) is 19.0 Å². The number of carbonyl (C=O) groups is 4. The second-order valence-electron chi connectivity index (χ2n) is 6.21. The third-order valence-electron chi connectivity index (χ3n) is 3.76. The molecule has 2 aromatic heterocycles. The zero-order valence-electron chi connectivity index (χ0n) is 16.8. The van der Waals surface area contributed by atoms with Crippen LogP contribution in [0.3, 0.4) is 0 Å². The maximum Gasteiger partial charge on any atom is 0.348 e. The molecule has 0 unspecified atom stereocenters. The Balaban J connectivity index is 2.18. The number of nitrogens with zero attached hydrogens (tertiary/aromatic N) is 1. The van der Waals surface area contributed by atoms with Crippen LogP contribution in [0.15, 0.2) is 12.1 Å². The smallest absolute Gasteiger partial charge is 0.348 e. The molecule has 8 nitrogen and oxygen atoms in total. The lowest BCUT2D eigenvalue weighted by atomic mass is 10.1. The standard InChI is InChI=1S/C19H22N2O6S2/c1-6-26-19(25)14-11(3)15(17(23)21(4)5)29-16(14)20-13(22)9-27-18(24)12-8-7-10(2)28-12/h7-8H,6,9H2,1-5H3,(H,20,22).